The second-order valence-corrected chi connectivity index (χ2v) is 9.23. The van der Waals surface area contributed by atoms with E-state index >= 15 is 0 Å². The Bertz CT molecular complexity index is 1210. The molecule has 2 aromatic carbocycles. The van der Waals surface area contributed by atoms with E-state index in [1.54, 1.807) is 39.7 Å². The number of nitrogens with zero attached hydrogens (tertiary/aromatic N) is 3. The number of carbonyl (C=O) groups excluding carboxylic acids is 1. The molecule has 0 aliphatic carbocycles. The fourth-order valence-corrected chi connectivity index (χ4v) is 4.52. The molecule has 1 aromatic heterocycles. The average molecular weight is 506 g/mol. The number of carbonyl (C=O) groups is 1. The third-order valence-electron chi connectivity index (χ3n) is 6.54. The van der Waals surface area contributed by atoms with Crippen LogP contribution in [0.25, 0.3) is 0 Å². The molecule has 0 radical (unpaired) electrons. The van der Waals surface area contributed by atoms with Crippen LogP contribution in [0.3, 0.4) is 0 Å². The van der Waals surface area contributed by atoms with E-state index < -0.39 is 0 Å². The standard InChI is InChI=1S/C28H35N5O4/c1-18-8-10-20(11-9-18)16-29-27(34)21-7-6-12-33(17-21)26-19(2)15-30-28(32-26)31-22-13-23(35-3)25(37-5)24(14-22)36-4/h8-11,13-15,21H,6-7,12,16-17H2,1-5H3,(H,29,34)(H,30,31,32). The first-order valence-corrected chi connectivity index (χ1v) is 12.4. The molecule has 2 N–H and O–H groups in total. The minimum atomic E-state index is -0.0971. The van der Waals surface area contributed by atoms with Gasteiger partial charge in [0.25, 0.3) is 0 Å². The lowest BCUT2D eigenvalue weighted by Gasteiger charge is -2.33. The Morgan fingerprint density at radius 2 is 1.76 bits per heavy atom. The molecule has 1 amide bonds. The maximum Gasteiger partial charge on any atom is 0.229 e. The number of rotatable bonds is 9. The number of aromatic nitrogens is 2. The van der Waals surface area contributed by atoms with Gasteiger partial charge in [0.1, 0.15) is 5.82 Å². The molecule has 1 aliphatic heterocycles. The number of piperidine rings is 1. The van der Waals surface area contributed by atoms with Gasteiger partial charge in [-0.2, -0.15) is 4.98 Å². The summed E-state index contributed by atoms with van der Waals surface area (Å²) in [6, 6.07) is 11.8. The molecule has 1 unspecified atom stereocenters. The number of anilines is 3. The molecule has 1 saturated heterocycles. The molecule has 4 rings (SSSR count). The minimum absolute atomic E-state index is 0.0766. The number of ether oxygens (including phenoxy) is 3. The summed E-state index contributed by atoms with van der Waals surface area (Å²) in [6.07, 6.45) is 3.57. The number of hydrogen-bond donors (Lipinski definition) is 2. The Hall–Kier alpha value is -4.01. The molecule has 37 heavy (non-hydrogen) atoms. The van der Waals surface area contributed by atoms with Crippen LogP contribution in [0.5, 0.6) is 17.2 Å². The monoisotopic (exact) mass is 505 g/mol. The number of methoxy groups -OCH3 is 3. The summed E-state index contributed by atoms with van der Waals surface area (Å²) in [6.45, 7) is 6.02. The molecular formula is C28H35N5O4. The summed E-state index contributed by atoms with van der Waals surface area (Å²) in [5.74, 6) is 2.83. The van der Waals surface area contributed by atoms with Gasteiger partial charge in [-0.05, 0) is 32.3 Å². The van der Waals surface area contributed by atoms with Gasteiger partial charge in [0.2, 0.25) is 17.6 Å². The van der Waals surface area contributed by atoms with Crippen LogP contribution in [0, 0.1) is 19.8 Å². The smallest absolute Gasteiger partial charge is 0.229 e. The quantitative estimate of drug-likeness (QED) is 0.442. The molecule has 0 bridgehead atoms. The van der Waals surface area contributed by atoms with Crippen molar-refractivity contribution < 1.29 is 19.0 Å². The maximum atomic E-state index is 13.0. The Labute approximate surface area is 218 Å². The third kappa shape index (κ3) is 6.22. The fraction of sp³-hybridized carbons (Fsp3) is 0.393. The lowest BCUT2D eigenvalue weighted by Crippen LogP contribution is -2.43. The second kappa shape index (κ2) is 11.8. The van der Waals surface area contributed by atoms with Gasteiger partial charge >= 0.3 is 0 Å². The number of amides is 1. The Balaban J connectivity index is 1.46. The van der Waals surface area contributed by atoms with Crippen molar-refractivity contribution in [1.29, 1.82) is 0 Å². The van der Waals surface area contributed by atoms with Crippen LogP contribution in [0.15, 0.2) is 42.6 Å². The highest BCUT2D eigenvalue weighted by molar-refractivity contribution is 5.79. The average Bonchev–Trinajstić information content (AvgIpc) is 2.93. The van der Waals surface area contributed by atoms with Crippen LogP contribution in [-0.2, 0) is 11.3 Å². The first-order valence-electron chi connectivity index (χ1n) is 12.4. The van der Waals surface area contributed by atoms with E-state index in [1.165, 1.54) is 5.56 Å². The number of nitrogens with one attached hydrogen (secondary N) is 2. The zero-order chi connectivity index (χ0) is 26.4. The van der Waals surface area contributed by atoms with Crippen molar-refractivity contribution >= 4 is 23.4 Å². The van der Waals surface area contributed by atoms with Crippen molar-refractivity contribution in [2.45, 2.75) is 33.2 Å². The Morgan fingerprint density at radius 3 is 2.41 bits per heavy atom. The maximum absolute atomic E-state index is 13.0. The second-order valence-electron chi connectivity index (χ2n) is 9.23. The van der Waals surface area contributed by atoms with Crippen molar-refractivity contribution in [1.82, 2.24) is 15.3 Å². The lowest BCUT2D eigenvalue weighted by atomic mass is 9.96. The molecule has 9 nitrogen and oxygen atoms in total. The van der Waals surface area contributed by atoms with Crippen LogP contribution in [-0.4, -0.2) is 50.3 Å². The van der Waals surface area contributed by atoms with Gasteiger partial charge in [-0.1, -0.05) is 29.8 Å². The Morgan fingerprint density at radius 1 is 1.05 bits per heavy atom. The first kappa shape index (κ1) is 26.1. The van der Waals surface area contributed by atoms with Crippen LogP contribution in [0.2, 0.25) is 0 Å². The third-order valence-corrected chi connectivity index (χ3v) is 6.54. The predicted octanol–water partition coefficient (Wildman–Crippen LogP) is 4.40. The topological polar surface area (TPSA) is 97.8 Å². The molecule has 9 heteroatoms. The van der Waals surface area contributed by atoms with Gasteiger partial charge in [0.15, 0.2) is 11.5 Å². The van der Waals surface area contributed by atoms with Crippen molar-refractivity contribution in [2.24, 2.45) is 5.92 Å². The van der Waals surface area contributed by atoms with Crippen molar-refractivity contribution in [3.05, 3.63) is 59.3 Å². The summed E-state index contributed by atoms with van der Waals surface area (Å²) in [5, 5.41) is 6.35. The zero-order valence-corrected chi connectivity index (χ0v) is 22.1. The summed E-state index contributed by atoms with van der Waals surface area (Å²) in [5.41, 5.74) is 3.96. The lowest BCUT2D eigenvalue weighted by molar-refractivity contribution is -0.125. The van der Waals surface area contributed by atoms with Gasteiger partial charge in [0, 0.05) is 49.2 Å². The van der Waals surface area contributed by atoms with Crippen molar-refractivity contribution in [2.75, 3.05) is 44.6 Å². The van der Waals surface area contributed by atoms with E-state index in [2.05, 4.69) is 51.7 Å². The van der Waals surface area contributed by atoms with Gasteiger partial charge < -0.3 is 29.7 Å². The highest BCUT2D eigenvalue weighted by atomic mass is 16.5. The molecular weight excluding hydrogens is 470 g/mol. The molecule has 0 spiro atoms. The zero-order valence-electron chi connectivity index (χ0n) is 22.1. The van der Waals surface area contributed by atoms with Crippen LogP contribution in [0.4, 0.5) is 17.5 Å². The molecule has 0 saturated carbocycles. The molecule has 1 atom stereocenters. The van der Waals surface area contributed by atoms with Gasteiger partial charge in [-0.25, -0.2) is 4.98 Å². The number of benzene rings is 2. The summed E-state index contributed by atoms with van der Waals surface area (Å²) < 4.78 is 16.3. The van der Waals surface area contributed by atoms with Gasteiger partial charge in [-0.3, -0.25) is 4.79 Å². The molecule has 1 fully saturated rings. The number of aryl methyl sites for hydroxylation is 2. The molecule has 2 heterocycles. The highest BCUT2D eigenvalue weighted by Gasteiger charge is 2.27. The van der Waals surface area contributed by atoms with E-state index in [0.29, 0.717) is 42.0 Å². The van der Waals surface area contributed by atoms with Gasteiger partial charge in [0.05, 0.1) is 27.2 Å². The molecule has 1 aliphatic rings. The van der Waals surface area contributed by atoms with Gasteiger partial charge in [-0.15, -0.1) is 0 Å². The SMILES string of the molecule is COc1cc(Nc2ncc(C)c(N3CCCC(C(=O)NCc4ccc(C)cc4)C3)n2)cc(OC)c1OC. The molecule has 196 valence electrons. The highest BCUT2D eigenvalue weighted by Crippen LogP contribution is 2.40. The van der Waals surface area contributed by atoms with E-state index in [4.69, 9.17) is 19.2 Å². The van der Waals surface area contributed by atoms with Crippen LogP contribution >= 0.6 is 0 Å². The van der Waals surface area contributed by atoms with E-state index in [1.807, 2.05) is 6.92 Å². The largest absolute Gasteiger partial charge is 0.493 e. The van der Waals surface area contributed by atoms with E-state index in [-0.39, 0.29) is 11.8 Å². The normalized spacial score (nSPS) is 15.2. The minimum Gasteiger partial charge on any atom is -0.493 e. The predicted molar refractivity (Wildman–Crippen MR) is 144 cm³/mol. The Kier molecular flexibility index (Phi) is 8.32. The van der Waals surface area contributed by atoms with Crippen molar-refractivity contribution in [3.63, 3.8) is 0 Å². The fourth-order valence-electron chi connectivity index (χ4n) is 4.52. The summed E-state index contributed by atoms with van der Waals surface area (Å²) >= 11 is 0. The summed E-state index contributed by atoms with van der Waals surface area (Å²) in [4.78, 5) is 24.4. The van der Waals surface area contributed by atoms with E-state index in [9.17, 15) is 4.79 Å². The number of hydrogen-bond acceptors (Lipinski definition) is 8. The summed E-state index contributed by atoms with van der Waals surface area (Å²) in [7, 11) is 4.72. The van der Waals surface area contributed by atoms with E-state index in [0.717, 1.165) is 36.3 Å². The van der Waals surface area contributed by atoms with Crippen LogP contribution < -0.4 is 29.7 Å². The first-order chi connectivity index (χ1) is 17.9. The molecule has 3 aromatic rings. The van der Waals surface area contributed by atoms with Crippen molar-refractivity contribution in [3.8, 4) is 17.2 Å². The van der Waals surface area contributed by atoms with Crippen LogP contribution in [0.1, 0.15) is 29.5 Å².